The minimum atomic E-state index is -0.645. The highest BCUT2D eigenvalue weighted by molar-refractivity contribution is 6.02. The van der Waals surface area contributed by atoms with Gasteiger partial charge in [-0.05, 0) is 41.5 Å². The number of carbonyl (C=O) groups is 1. The van der Waals surface area contributed by atoms with E-state index < -0.39 is 5.66 Å². The van der Waals surface area contributed by atoms with Gasteiger partial charge in [0.25, 0.3) is 5.91 Å². The van der Waals surface area contributed by atoms with E-state index in [0.717, 1.165) is 16.6 Å². The number of methoxy groups -OCH3 is 1. The van der Waals surface area contributed by atoms with Gasteiger partial charge in [0, 0.05) is 19.3 Å². The van der Waals surface area contributed by atoms with Gasteiger partial charge in [0.1, 0.15) is 5.66 Å². The second kappa shape index (κ2) is 6.46. The van der Waals surface area contributed by atoms with Crippen LogP contribution in [-0.2, 0) is 10.4 Å². The third-order valence-corrected chi connectivity index (χ3v) is 5.15. The summed E-state index contributed by atoms with van der Waals surface area (Å²) in [4.78, 5) is 15.1. The van der Waals surface area contributed by atoms with Gasteiger partial charge in [0.05, 0.1) is 12.2 Å². The average molecular weight is 346 g/mol. The van der Waals surface area contributed by atoms with Gasteiger partial charge < -0.3 is 15.0 Å². The van der Waals surface area contributed by atoms with Crippen LogP contribution < -0.4 is 5.32 Å². The molecule has 0 aliphatic carbocycles. The fraction of sp³-hybridized carbons (Fsp3) is 0.227. The van der Waals surface area contributed by atoms with Crippen molar-refractivity contribution in [3.05, 3.63) is 77.9 Å². The Morgan fingerprint density at radius 2 is 1.73 bits per heavy atom. The lowest BCUT2D eigenvalue weighted by atomic mass is 9.92. The number of hydrogen-bond donors (Lipinski definition) is 1. The molecule has 4 nitrogen and oxygen atoms in total. The van der Waals surface area contributed by atoms with Crippen molar-refractivity contribution >= 4 is 22.4 Å². The molecule has 1 heterocycles. The molecule has 4 heteroatoms. The molecule has 3 aromatic carbocycles. The van der Waals surface area contributed by atoms with Crippen molar-refractivity contribution in [3.63, 3.8) is 0 Å². The molecule has 4 rings (SSSR count). The lowest BCUT2D eigenvalue weighted by Crippen LogP contribution is -2.56. The summed E-state index contributed by atoms with van der Waals surface area (Å²) < 4.78 is 5.26. The van der Waals surface area contributed by atoms with Gasteiger partial charge in [-0.1, -0.05) is 48.5 Å². The van der Waals surface area contributed by atoms with E-state index >= 15 is 0 Å². The number of para-hydroxylation sites is 1. The van der Waals surface area contributed by atoms with Crippen LogP contribution in [0.15, 0.2) is 66.7 Å². The van der Waals surface area contributed by atoms with Crippen LogP contribution >= 0.6 is 0 Å². The van der Waals surface area contributed by atoms with E-state index in [1.54, 1.807) is 7.11 Å². The molecule has 3 aromatic rings. The summed E-state index contributed by atoms with van der Waals surface area (Å²) >= 11 is 0. The molecule has 1 N–H and O–H groups in total. The van der Waals surface area contributed by atoms with Crippen LogP contribution in [0.1, 0.15) is 22.8 Å². The van der Waals surface area contributed by atoms with E-state index in [0.29, 0.717) is 18.7 Å². The topological polar surface area (TPSA) is 41.6 Å². The van der Waals surface area contributed by atoms with Gasteiger partial charge in [-0.25, -0.2) is 0 Å². The van der Waals surface area contributed by atoms with Crippen LogP contribution in [0.25, 0.3) is 10.8 Å². The smallest absolute Gasteiger partial charge is 0.258 e. The first kappa shape index (κ1) is 16.6. The number of carbonyl (C=O) groups excluding carboxylic acids is 1. The molecule has 132 valence electrons. The monoisotopic (exact) mass is 346 g/mol. The van der Waals surface area contributed by atoms with Crippen molar-refractivity contribution < 1.29 is 9.53 Å². The van der Waals surface area contributed by atoms with Crippen LogP contribution in [0.5, 0.6) is 0 Å². The molecule has 1 aliphatic rings. The van der Waals surface area contributed by atoms with Gasteiger partial charge in [0.2, 0.25) is 0 Å². The molecule has 0 radical (unpaired) electrons. The van der Waals surface area contributed by atoms with E-state index in [-0.39, 0.29) is 5.91 Å². The van der Waals surface area contributed by atoms with E-state index in [1.165, 1.54) is 5.39 Å². The van der Waals surface area contributed by atoms with E-state index in [2.05, 4.69) is 42.6 Å². The van der Waals surface area contributed by atoms with Crippen molar-refractivity contribution in [1.82, 2.24) is 4.90 Å². The number of benzene rings is 3. The van der Waals surface area contributed by atoms with Crippen LogP contribution in [0.2, 0.25) is 0 Å². The molecule has 0 bridgehead atoms. The van der Waals surface area contributed by atoms with Gasteiger partial charge in [-0.3, -0.25) is 4.79 Å². The number of ether oxygens (including phenoxy) is 1. The molecule has 1 aliphatic heterocycles. The van der Waals surface area contributed by atoms with Crippen molar-refractivity contribution in [3.8, 4) is 0 Å². The number of anilines is 1. The molecule has 1 unspecified atom stereocenters. The molecule has 0 spiro atoms. The molecule has 0 fully saturated rings. The largest absolute Gasteiger partial charge is 0.383 e. The maximum Gasteiger partial charge on any atom is 0.258 e. The van der Waals surface area contributed by atoms with Gasteiger partial charge >= 0.3 is 0 Å². The highest BCUT2D eigenvalue weighted by Gasteiger charge is 2.42. The second-order valence-electron chi connectivity index (χ2n) is 6.75. The molecule has 1 amide bonds. The van der Waals surface area contributed by atoms with Crippen LogP contribution in [0.4, 0.5) is 5.69 Å². The van der Waals surface area contributed by atoms with Gasteiger partial charge in [0.15, 0.2) is 0 Å². The van der Waals surface area contributed by atoms with Crippen molar-refractivity contribution in [2.45, 2.75) is 12.6 Å². The number of hydrogen-bond acceptors (Lipinski definition) is 3. The normalized spacial score (nSPS) is 19.3. The predicted molar refractivity (Wildman–Crippen MR) is 104 cm³/mol. The fourth-order valence-corrected chi connectivity index (χ4v) is 3.68. The maximum atomic E-state index is 13.2. The lowest BCUT2D eigenvalue weighted by Gasteiger charge is -2.46. The fourth-order valence-electron chi connectivity index (χ4n) is 3.68. The standard InChI is InChI=1S/C22H22N2O2/c1-22(18-12-11-16-7-3-4-8-17(16)15-18)23-20-10-6-5-9-19(20)21(25)24(22)13-14-26-2/h3-12,15,23H,13-14H2,1-2H3. The molecule has 0 saturated heterocycles. The molecule has 1 atom stereocenters. The Kier molecular flexibility index (Phi) is 4.13. The Bertz CT molecular complexity index is 969. The van der Waals surface area contributed by atoms with Gasteiger partial charge in [-0.15, -0.1) is 0 Å². The first-order chi connectivity index (χ1) is 12.6. The summed E-state index contributed by atoms with van der Waals surface area (Å²) in [5.41, 5.74) is 1.97. The zero-order chi connectivity index (χ0) is 18.1. The maximum absolute atomic E-state index is 13.2. The molecular weight excluding hydrogens is 324 g/mol. The van der Waals surface area contributed by atoms with Crippen molar-refractivity contribution in [2.75, 3.05) is 25.6 Å². The Labute approximate surface area is 153 Å². The van der Waals surface area contributed by atoms with E-state index in [9.17, 15) is 4.79 Å². The highest BCUT2D eigenvalue weighted by atomic mass is 16.5. The Hall–Kier alpha value is -2.85. The minimum Gasteiger partial charge on any atom is -0.383 e. The first-order valence-corrected chi connectivity index (χ1v) is 8.81. The van der Waals surface area contributed by atoms with E-state index in [1.807, 2.05) is 41.3 Å². The van der Waals surface area contributed by atoms with Gasteiger partial charge in [-0.2, -0.15) is 0 Å². The quantitative estimate of drug-likeness (QED) is 0.769. The second-order valence-corrected chi connectivity index (χ2v) is 6.75. The summed E-state index contributed by atoms with van der Waals surface area (Å²) in [6.45, 7) is 3.05. The number of nitrogens with one attached hydrogen (secondary N) is 1. The Morgan fingerprint density at radius 1 is 1.00 bits per heavy atom. The summed E-state index contributed by atoms with van der Waals surface area (Å²) in [5.74, 6) is 0.0204. The molecule has 0 aromatic heterocycles. The zero-order valence-corrected chi connectivity index (χ0v) is 15.0. The predicted octanol–water partition coefficient (Wildman–Crippen LogP) is 4.23. The molecular formula is C22H22N2O2. The number of amides is 1. The van der Waals surface area contributed by atoms with Crippen LogP contribution in [0.3, 0.4) is 0 Å². The number of fused-ring (bicyclic) bond motifs is 2. The summed E-state index contributed by atoms with van der Waals surface area (Å²) in [5, 5.41) is 5.94. The summed E-state index contributed by atoms with van der Waals surface area (Å²) in [6, 6.07) is 22.3. The van der Waals surface area contributed by atoms with E-state index in [4.69, 9.17) is 4.74 Å². The average Bonchev–Trinajstić information content (AvgIpc) is 2.67. The molecule has 0 saturated carbocycles. The van der Waals surface area contributed by atoms with Crippen LogP contribution in [0, 0.1) is 0 Å². The third-order valence-electron chi connectivity index (χ3n) is 5.15. The Balaban J connectivity index is 1.85. The first-order valence-electron chi connectivity index (χ1n) is 8.81. The third kappa shape index (κ3) is 2.63. The Morgan fingerprint density at radius 3 is 2.54 bits per heavy atom. The lowest BCUT2D eigenvalue weighted by molar-refractivity contribution is 0.0438. The SMILES string of the molecule is COCCN1C(=O)c2ccccc2NC1(C)c1ccc2ccccc2c1. The zero-order valence-electron chi connectivity index (χ0n) is 15.0. The highest BCUT2D eigenvalue weighted by Crippen LogP contribution is 2.38. The molecule has 26 heavy (non-hydrogen) atoms. The summed E-state index contributed by atoms with van der Waals surface area (Å²) in [7, 11) is 1.66. The van der Waals surface area contributed by atoms with Crippen molar-refractivity contribution in [2.24, 2.45) is 0 Å². The number of rotatable bonds is 4. The number of nitrogens with zero attached hydrogens (tertiary/aromatic N) is 1. The minimum absolute atomic E-state index is 0.0204. The summed E-state index contributed by atoms with van der Waals surface area (Å²) in [6.07, 6.45) is 0. The van der Waals surface area contributed by atoms with Crippen LogP contribution in [-0.4, -0.2) is 31.1 Å². The van der Waals surface area contributed by atoms with Crippen molar-refractivity contribution in [1.29, 1.82) is 0 Å².